The second-order valence-electron chi connectivity index (χ2n) is 5.76. The molecule has 0 unspecified atom stereocenters. The van der Waals surface area contributed by atoms with Crippen molar-refractivity contribution in [3.05, 3.63) is 62.9 Å². The van der Waals surface area contributed by atoms with E-state index >= 15 is 0 Å². The van der Waals surface area contributed by atoms with Gasteiger partial charge in [-0.15, -0.1) is 0 Å². The Morgan fingerprint density at radius 1 is 1.21 bits per heavy atom. The van der Waals surface area contributed by atoms with Crippen LogP contribution in [0.3, 0.4) is 0 Å². The van der Waals surface area contributed by atoms with E-state index in [2.05, 4.69) is 15.3 Å². The van der Waals surface area contributed by atoms with E-state index in [4.69, 9.17) is 21.7 Å². The van der Waals surface area contributed by atoms with Crippen molar-refractivity contribution >= 4 is 24.1 Å². The summed E-state index contributed by atoms with van der Waals surface area (Å²) in [5, 5.41) is 22.6. The van der Waals surface area contributed by atoms with E-state index in [0.717, 1.165) is 5.56 Å². The van der Waals surface area contributed by atoms with Crippen LogP contribution in [0.2, 0.25) is 0 Å². The Labute approximate surface area is 171 Å². The smallest absolute Gasteiger partial charge is 0.311 e. The van der Waals surface area contributed by atoms with Crippen molar-refractivity contribution in [2.75, 3.05) is 13.2 Å². The summed E-state index contributed by atoms with van der Waals surface area (Å²) in [6.45, 7) is 4.49. The maximum absolute atomic E-state index is 11.3. The molecule has 10 heteroatoms. The van der Waals surface area contributed by atoms with E-state index in [1.165, 1.54) is 17.0 Å². The first-order valence-corrected chi connectivity index (χ1v) is 9.31. The van der Waals surface area contributed by atoms with Gasteiger partial charge in [0.1, 0.15) is 5.75 Å². The molecule has 0 saturated carbocycles. The van der Waals surface area contributed by atoms with Crippen molar-refractivity contribution in [3.8, 4) is 22.9 Å². The van der Waals surface area contributed by atoms with Crippen molar-refractivity contribution < 1.29 is 14.4 Å². The van der Waals surface area contributed by atoms with Crippen molar-refractivity contribution in [2.45, 2.75) is 13.8 Å². The molecule has 0 atom stereocenters. The molecule has 9 nitrogen and oxygen atoms in total. The Morgan fingerprint density at radius 2 is 1.93 bits per heavy atom. The zero-order valence-corrected chi connectivity index (χ0v) is 16.7. The molecule has 150 valence electrons. The van der Waals surface area contributed by atoms with E-state index < -0.39 is 4.92 Å². The minimum Gasteiger partial charge on any atom is -0.493 e. The van der Waals surface area contributed by atoms with Crippen molar-refractivity contribution in [2.24, 2.45) is 5.10 Å². The first kappa shape index (κ1) is 20.2. The molecular weight excluding hydrogens is 394 g/mol. The predicted octanol–water partition coefficient (Wildman–Crippen LogP) is 4.20. The molecule has 0 spiro atoms. The molecule has 0 fully saturated rings. The summed E-state index contributed by atoms with van der Waals surface area (Å²) >= 11 is 5.28. The molecule has 3 rings (SSSR count). The number of nitrogens with one attached hydrogen (secondary N) is 1. The molecule has 29 heavy (non-hydrogen) atoms. The van der Waals surface area contributed by atoms with Crippen LogP contribution in [0.1, 0.15) is 19.4 Å². The Bertz CT molecular complexity index is 1110. The van der Waals surface area contributed by atoms with Gasteiger partial charge in [-0.05, 0) is 50.3 Å². The van der Waals surface area contributed by atoms with E-state index in [9.17, 15) is 10.1 Å². The molecular formula is C19H19N5O4S. The number of rotatable bonds is 8. The molecule has 0 amide bonds. The highest BCUT2D eigenvalue weighted by Crippen LogP contribution is 2.29. The third-order valence-electron chi connectivity index (χ3n) is 3.88. The average molecular weight is 413 g/mol. The highest BCUT2D eigenvalue weighted by molar-refractivity contribution is 7.71. The molecule has 0 aliphatic carbocycles. The van der Waals surface area contributed by atoms with E-state index in [0.29, 0.717) is 30.4 Å². The predicted molar refractivity (Wildman–Crippen MR) is 111 cm³/mol. The van der Waals surface area contributed by atoms with Gasteiger partial charge < -0.3 is 9.47 Å². The Hall–Kier alpha value is -3.53. The molecule has 1 heterocycles. The fourth-order valence-corrected chi connectivity index (χ4v) is 2.84. The minimum absolute atomic E-state index is 0.131. The number of aromatic amines is 1. The van der Waals surface area contributed by atoms with Gasteiger partial charge in [0.25, 0.3) is 0 Å². The zero-order valence-electron chi connectivity index (χ0n) is 15.9. The molecule has 0 aliphatic rings. The number of para-hydroxylation sites is 1. The maximum atomic E-state index is 11.3. The third-order valence-corrected chi connectivity index (χ3v) is 4.14. The number of hydrogen-bond acceptors (Lipinski definition) is 7. The van der Waals surface area contributed by atoms with E-state index in [-0.39, 0.29) is 16.2 Å². The van der Waals surface area contributed by atoms with Crippen molar-refractivity contribution in [3.63, 3.8) is 0 Å². The van der Waals surface area contributed by atoms with Gasteiger partial charge in [-0.3, -0.25) is 10.1 Å². The average Bonchev–Trinajstić information content (AvgIpc) is 3.08. The summed E-state index contributed by atoms with van der Waals surface area (Å²) < 4.78 is 12.7. The number of H-pyrrole nitrogens is 1. The minimum atomic E-state index is -0.490. The summed E-state index contributed by atoms with van der Waals surface area (Å²) in [6, 6.07) is 12.0. The van der Waals surface area contributed by atoms with Crippen LogP contribution in [0, 0.1) is 14.9 Å². The van der Waals surface area contributed by atoms with Crippen LogP contribution in [-0.2, 0) is 0 Å². The van der Waals surface area contributed by atoms with Crippen LogP contribution in [0.4, 0.5) is 5.69 Å². The monoisotopic (exact) mass is 413 g/mol. The lowest BCUT2D eigenvalue weighted by atomic mass is 10.2. The van der Waals surface area contributed by atoms with E-state index in [1.54, 1.807) is 19.1 Å². The summed E-state index contributed by atoms with van der Waals surface area (Å²) in [7, 11) is 0. The number of nitro benzene ring substituents is 1. The lowest BCUT2D eigenvalue weighted by Gasteiger charge is -2.08. The highest BCUT2D eigenvalue weighted by Gasteiger charge is 2.16. The fourth-order valence-electron chi connectivity index (χ4n) is 2.67. The topological polar surface area (TPSA) is 108 Å². The molecule has 0 aliphatic heterocycles. The highest BCUT2D eigenvalue weighted by atomic mass is 32.1. The van der Waals surface area contributed by atoms with Gasteiger partial charge in [0, 0.05) is 11.6 Å². The van der Waals surface area contributed by atoms with Gasteiger partial charge in [-0.1, -0.05) is 12.1 Å². The molecule has 0 saturated heterocycles. The molecule has 3 aromatic rings. The number of benzene rings is 2. The molecule has 0 bridgehead atoms. The quantitative estimate of drug-likeness (QED) is 0.257. The Kier molecular flexibility index (Phi) is 6.35. The van der Waals surface area contributed by atoms with Crippen LogP contribution in [-0.4, -0.2) is 39.2 Å². The zero-order chi connectivity index (χ0) is 20.8. The number of ether oxygens (including phenoxy) is 2. The largest absolute Gasteiger partial charge is 0.493 e. The van der Waals surface area contributed by atoms with Gasteiger partial charge in [-0.2, -0.15) is 14.9 Å². The van der Waals surface area contributed by atoms with Gasteiger partial charge >= 0.3 is 5.69 Å². The van der Waals surface area contributed by atoms with Crippen molar-refractivity contribution in [1.29, 1.82) is 0 Å². The number of hydrogen-bond donors (Lipinski definition) is 1. The van der Waals surface area contributed by atoms with Crippen LogP contribution in [0.25, 0.3) is 11.4 Å². The Morgan fingerprint density at radius 3 is 2.66 bits per heavy atom. The van der Waals surface area contributed by atoms with Gasteiger partial charge in [0.15, 0.2) is 11.6 Å². The second-order valence-corrected chi connectivity index (χ2v) is 6.14. The summed E-state index contributed by atoms with van der Waals surface area (Å²) in [4.78, 5) is 10.8. The lowest BCUT2D eigenvalue weighted by Crippen LogP contribution is -2.00. The maximum Gasteiger partial charge on any atom is 0.311 e. The standard InChI is InChI=1S/C19H19N5O4S/c1-3-27-16-8-6-5-7-14(16)18-21-22-19(29)23(18)20-12-13-9-10-17(28-4-2)15(11-13)24(25)26/h5-12H,3-4H2,1-2H3,(H,22,29)/b20-12-. The molecule has 2 aromatic carbocycles. The Balaban J connectivity index is 1.99. The van der Waals surface area contributed by atoms with Crippen molar-refractivity contribution in [1.82, 2.24) is 14.9 Å². The van der Waals surface area contributed by atoms with Crippen LogP contribution >= 0.6 is 12.2 Å². The third kappa shape index (κ3) is 4.49. The molecule has 1 N–H and O–H groups in total. The van der Waals surface area contributed by atoms with Crippen LogP contribution in [0.15, 0.2) is 47.6 Å². The summed E-state index contributed by atoms with van der Waals surface area (Å²) in [5.41, 5.74) is 1.11. The van der Waals surface area contributed by atoms with Crippen LogP contribution in [0.5, 0.6) is 11.5 Å². The fraction of sp³-hybridized carbons (Fsp3) is 0.211. The summed E-state index contributed by atoms with van der Waals surface area (Å²) in [6.07, 6.45) is 1.47. The first-order valence-electron chi connectivity index (χ1n) is 8.90. The van der Waals surface area contributed by atoms with E-state index in [1.807, 2.05) is 31.2 Å². The number of nitrogens with zero attached hydrogens (tertiary/aromatic N) is 4. The molecule has 1 aromatic heterocycles. The van der Waals surface area contributed by atoms with Gasteiger partial charge in [0.05, 0.1) is 29.9 Å². The first-order chi connectivity index (χ1) is 14.0. The summed E-state index contributed by atoms with van der Waals surface area (Å²) in [5.74, 6) is 1.33. The number of nitro groups is 1. The van der Waals surface area contributed by atoms with Crippen LogP contribution < -0.4 is 9.47 Å². The molecule has 0 radical (unpaired) electrons. The number of aromatic nitrogens is 3. The second kappa shape index (κ2) is 9.11. The van der Waals surface area contributed by atoms with Gasteiger partial charge in [0.2, 0.25) is 4.77 Å². The SMILES string of the molecule is CCOc1ccccc1-c1n[nH]c(=S)n1/N=C\c1ccc(OCC)c([N+](=O)[O-])c1. The van der Waals surface area contributed by atoms with Gasteiger partial charge in [-0.25, -0.2) is 5.10 Å². The lowest BCUT2D eigenvalue weighted by molar-refractivity contribution is -0.385. The normalized spacial score (nSPS) is 11.0.